The van der Waals surface area contributed by atoms with E-state index < -0.39 is 22.8 Å². The zero-order valence-electron chi connectivity index (χ0n) is 12.7. The lowest BCUT2D eigenvalue weighted by atomic mass is 10.1. The number of aromatic hydroxyl groups is 1. The first-order valence-electron chi connectivity index (χ1n) is 7.23. The summed E-state index contributed by atoms with van der Waals surface area (Å²) in [5.41, 5.74) is 1.94. The third-order valence-electron chi connectivity index (χ3n) is 4.01. The SMILES string of the molecule is CCc1ccc2cc(-c3[nH]c(=O)c(C(=O)O)c(O)c3C)[nH]c2c1. The van der Waals surface area contributed by atoms with E-state index in [2.05, 4.69) is 16.9 Å². The van der Waals surface area contributed by atoms with E-state index >= 15 is 0 Å². The fourth-order valence-corrected chi connectivity index (χ4v) is 2.68. The van der Waals surface area contributed by atoms with Gasteiger partial charge in [0, 0.05) is 16.5 Å². The number of aryl methyl sites for hydroxylation is 1. The molecule has 3 rings (SSSR count). The number of carbonyl (C=O) groups is 1. The number of fused-ring (bicyclic) bond motifs is 1. The van der Waals surface area contributed by atoms with E-state index in [0.29, 0.717) is 17.0 Å². The molecule has 0 saturated heterocycles. The van der Waals surface area contributed by atoms with E-state index in [4.69, 9.17) is 5.11 Å². The molecule has 23 heavy (non-hydrogen) atoms. The van der Waals surface area contributed by atoms with Crippen molar-refractivity contribution >= 4 is 16.9 Å². The molecule has 3 aromatic rings. The quantitative estimate of drug-likeness (QED) is 0.596. The van der Waals surface area contributed by atoms with Crippen LogP contribution in [-0.2, 0) is 6.42 Å². The van der Waals surface area contributed by atoms with Crippen molar-refractivity contribution in [2.45, 2.75) is 20.3 Å². The molecule has 0 spiro atoms. The van der Waals surface area contributed by atoms with Crippen LogP contribution in [0.15, 0.2) is 29.1 Å². The molecule has 4 N–H and O–H groups in total. The van der Waals surface area contributed by atoms with E-state index in [1.807, 2.05) is 24.3 Å². The Labute approximate surface area is 131 Å². The smallest absolute Gasteiger partial charge is 0.345 e. The summed E-state index contributed by atoms with van der Waals surface area (Å²) in [6.07, 6.45) is 0.911. The molecule has 0 aliphatic carbocycles. The number of pyridine rings is 1. The molecule has 2 aromatic heterocycles. The number of hydrogen-bond acceptors (Lipinski definition) is 3. The summed E-state index contributed by atoms with van der Waals surface area (Å²) in [5.74, 6) is -1.97. The number of benzene rings is 1. The third-order valence-corrected chi connectivity index (χ3v) is 4.01. The van der Waals surface area contributed by atoms with Gasteiger partial charge in [-0.1, -0.05) is 19.1 Å². The van der Waals surface area contributed by atoms with Crippen LogP contribution in [0.5, 0.6) is 5.75 Å². The molecule has 6 nitrogen and oxygen atoms in total. The third kappa shape index (κ3) is 2.38. The first kappa shape index (κ1) is 14.9. The maximum atomic E-state index is 11.9. The van der Waals surface area contributed by atoms with Crippen molar-refractivity contribution in [1.82, 2.24) is 9.97 Å². The number of aromatic nitrogens is 2. The van der Waals surface area contributed by atoms with Crippen molar-refractivity contribution in [3.8, 4) is 17.1 Å². The van der Waals surface area contributed by atoms with Crippen LogP contribution in [0.25, 0.3) is 22.3 Å². The van der Waals surface area contributed by atoms with E-state index in [1.54, 1.807) is 6.92 Å². The first-order chi connectivity index (χ1) is 10.9. The van der Waals surface area contributed by atoms with Crippen molar-refractivity contribution < 1.29 is 15.0 Å². The predicted octanol–water partition coefficient (Wildman–Crippen LogP) is 2.80. The Morgan fingerprint density at radius 3 is 2.61 bits per heavy atom. The molecule has 6 heteroatoms. The van der Waals surface area contributed by atoms with Crippen molar-refractivity contribution in [2.75, 3.05) is 0 Å². The second kappa shape index (κ2) is 5.31. The van der Waals surface area contributed by atoms with Crippen LogP contribution in [0.2, 0.25) is 0 Å². The van der Waals surface area contributed by atoms with E-state index in [0.717, 1.165) is 17.3 Å². The lowest BCUT2D eigenvalue weighted by Gasteiger charge is -2.08. The highest BCUT2D eigenvalue weighted by atomic mass is 16.4. The summed E-state index contributed by atoms with van der Waals surface area (Å²) in [6, 6.07) is 7.89. The average molecular weight is 312 g/mol. The zero-order valence-corrected chi connectivity index (χ0v) is 12.7. The summed E-state index contributed by atoms with van der Waals surface area (Å²) >= 11 is 0. The minimum Gasteiger partial charge on any atom is -0.506 e. The van der Waals surface area contributed by atoms with Crippen LogP contribution in [0.1, 0.15) is 28.4 Å². The molecule has 0 bridgehead atoms. The van der Waals surface area contributed by atoms with Gasteiger partial charge in [0.15, 0.2) is 5.56 Å². The van der Waals surface area contributed by atoms with Gasteiger partial charge in [-0.05, 0) is 31.0 Å². The Bertz CT molecular complexity index is 982. The number of aromatic amines is 2. The largest absolute Gasteiger partial charge is 0.506 e. The van der Waals surface area contributed by atoms with Gasteiger partial charge in [0.25, 0.3) is 5.56 Å². The maximum Gasteiger partial charge on any atom is 0.345 e. The fraction of sp³-hybridized carbons (Fsp3) is 0.176. The number of hydrogen-bond donors (Lipinski definition) is 4. The number of carboxylic acids is 1. The van der Waals surface area contributed by atoms with Crippen molar-refractivity contribution in [1.29, 1.82) is 0 Å². The average Bonchev–Trinajstić information content (AvgIpc) is 2.93. The standard InChI is InChI=1S/C17H16N2O4/c1-3-9-4-5-10-7-12(18-11(10)6-9)14-8(2)15(20)13(17(22)23)16(21)19-14/h4-7,18H,3H2,1-2H3,(H,22,23)(H2,19,20,21). The van der Waals surface area contributed by atoms with Gasteiger partial charge in [-0.25, -0.2) is 4.79 Å². The molecule has 0 amide bonds. The van der Waals surface area contributed by atoms with Crippen LogP contribution in [-0.4, -0.2) is 26.2 Å². The molecule has 0 aliphatic rings. The summed E-state index contributed by atoms with van der Waals surface area (Å²) in [7, 11) is 0. The molecular formula is C17H16N2O4. The van der Waals surface area contributed by atoms with Gasteiger partial charge in [-0.3, -0.25) is 4.79 Å². The Kier molecular flexibility index (Phi) is 3.44. The number of nitrogens with one attached hydrogen (secondary N) is 2. The van der Waals surface area contributed by atoms with Gasteiger partial charge >= 0.3 is 5.97 Å². The number of H-pyrrole nitrogens is 2. The predicted molar refractivity (Wildman–Crippen MR) is 87.1 cm³/mol. The Morgan fingerprint density at radius 2 is 1.96 bits per heavy atom. The van der Waals surface area contributed by atoms with Gasteiger partial charge in [0.1, 0.15) is 5.75 Å². The Morgan fingerprint density at radius 1 is 1.22 bits per heavy atom. The van der Waals surface area contributed by atoms with Crippen molar-refractivity contribution in [3.05, 3.63) is 51.3 Å². The van der Waals surface area contributed by atoms with Gasteiger partial charge in [-0.2, -0.15) is 0 Å². The monoisotopic (exact) mass is 312 g/mol. The molecule has 2 heterocycles. The second-order valence-electron chi connectivity index (χ2n) is 5.44. The van der Waals surface area contributed by atoms with Crippen LogP contribution in [0.4, 0.5) is 0 Å². The highest BCUT2D eigenvalue weighted by molar-refractivity contribution is 5.92. The molecule has 0 fully saturated rings. The minimum absolute atomic E-state index is 0.310. The van der Waals surface area contributed by atoms with E-state index in [-0.39, 0.29) is 0 Å². The number of aromatic carboxylic acids is 1. The van der Waals surface area contributed by atoms with Gasteiger partial charge in [-0.15, -0.1) is 0 Å². The van der Waals surface area contributed by atoms with Crippen molar-refractivity contribution in [2.24, 2.45) is 0 Å². The molecule has 0 aliphatic heterocycles. The van der Waals surface area contributed by atoms with Crippen LogP contribution in [0, 0.1) is 6.92 Å². The van der Waals surface area contributed by atoms with E-state index in [9.17, 15) is 14.7 Å². The van der Waals surface area contributed by atoms with Crippen molar-refractivity contribution in [3.63, 3.8) is 0 Å². The van der Waals surface area contributed by atoms with Gasteiger partial charge in [0.05, 0.1) is 11.4 Å². The van der Waals surface area contributed by atoms with Crippen LogP contribution >= 0.6 is 0 Å². The summed E-state index contributed by atoms with van der Waals surface area (Å²) in [6.45, 7) is 3.63. The normalized spacial score (nSPS) is 11.0. The van der Waals surface area contributed by atoms with Crippen LogP contribution in [0.3, 0.4) is 0 Å². The molecule has 1 aromatic carbocycles. The van der Waals surface area contributed by atoms with E-state index in [1.165, 1.54) is 5.56 Å². The molecule has 0 saturated carbocycles. The molecule has 0 unspecified atom stereocenters. The molecule has 0 radical (unpaired) electrons. The summed E-state index contributed by atoms with van der Waals surface area (Å²) in [5, 5.41) is 20.0. The Balaban J connectivity index is 2.23. The zero-order chi connectivity index (χ0) is 16.7. The summed E-state index contributed by atoms with van der Waals surface area (Å²) < 4.78 is 0. The lowest BCUT2D eigenvalue weighted by Crippen LogP contribution is -2.19. The highest BCUT2D eigenvalue weighted by Gasteiger charge is 2.21. The topological polar surface area (TPSA) is 106 Å². The fourth-order valence-electron chi connectivity index (χ4n) is 2.68. The molecule has 0 atom stereocenters. The highest BCUT2D eigenvalue weighted by Crippen LogP contribution is 2.30. The first-order valence-corrected chi connectivity index (χ1v) is 7.23. The number of rotatable bonds is 3. The van der Waals surface area contributed by atoms with Gasteiger partial charge in [0.2, 0.25) is 0 Å². The second-order valence-corrected chi connectivity index (χ2v) is 5.44. The Hall–Kier alpha value is -3.02. The van der Waals surface area contributed by atoms with Gasteiger partial charge < -0.3 is 20.2 Å². The maximum absolute atomic E-state index is 11.9. The minimum atomic E-state index is -1.46. The number of carboxylic acid groups (broad SMARTS) is 1. The lowest BCUT2D eigenvalue weighted by molar-refractivity contribution is 0.0691. The molecule has 118 valence electrons. The van der Waals surface area contributed by atoms with Crippen LogP contribution < -0.4 is 5.56 Å². The summed E-state index contributed by atoms with van der Waals surface area (Å²) in [4.78, 5) is 28.7. The molecular weight excluding hydrogens is 296 g/mol.